The first-order chi connectivity index (χ1) is 10.2. The van der Waals surface area contributed by atoms with Crippen molar-refractivity contribution in [2.24, 2.45) is 0 Å². The molecule has 4 nitrogen and oxygen atoms in total. The molecule has 2 aromatic carbocycles. The van der Waals surface area contributed by atoms with Gasteiger partial charge in [0.2, 0.25) is 0 Å². The van der Waals surface area contributed by atoms with Gasteiger partial charge in [0.15, 0.2) is 0 Å². The van der Waals surface area contributed by atoms with E-state index < -0.39 is 5.97 Å². The third-order valence-electron chi connectivity index (χ3n) is 3.35. The molecule has 0 spiro atoms. The van der Waals surface area contributed by atoms with E-state index in [0.29, 0.717) is 5.56 Å². The van der Waals surface area contributed by atoms with E-state index in [1.54, 1.807) is 24.5 Å². The number of H-pyrrole nitrogens is 1. The highest BCUT2D eigenvalue weighted by molar-refractivity contribution is 5.95. The Morgan fingerprint density at radius 3 is 2.52 bits per heavy atom. The first kappa shape index (κ1) is 13.1. The Morgan fingerprint density at radius 1 is 1.10 bits per heavy atom. The average Bonchev–Trinajstić information content (AvgIpc) is 3.01. The van der Waals surface area contributed by atoms with Crippen LogP contribution in [0.1, 0.15) is 21.7 Å². The Hall–Kier alpha value is -2.88. The molecule has 3 aromatic rings. The molecule has 2 N–H and O–H groups in total. The third-order valence-corrected chi connectivity index (χ3v) is 3.35. The van der Waals surface area contributed by atoms with Crippen molar-refractivity contribution in [1.29, 1.82) is 0 Å². The summed E-state index contributed by atoms with van der Waals surface area (Å²) in [5, 5.41) is 9.24. The fourth-order valence-corrected chi connectivity index (χ4v) is 2.31. The van der Waals surface area contributed by atoms with Crippen LogP contribution < -0.4 is 0 Å². The molecule has 0 aliphatic heterocycles. The number of carboxylic acids is 1. The van der Waals surface area contributed by atoms with Gasteiger partial charge in [-0.3, -0.25) is 0 Å². The number of aromatic carboxylic acids is 1. The van der Waals surface area contributed by atoms with E-state index in [4.69, 9.17) is 0 Å². The Kier molecular flexibility index (Phi) is 3.51. The van der Waals surface area contributed by atoms with Gasteiger partial charge < -0.3 is 10.1 Å². The minimum absolute atomic E-state index is 0.316. The predicted molar refractivity (Wildman–Crippen MR) is 80.2 cm³/mol. The van der Waals surface area contributed by atoms with Crippen LogP contribution in [0, 0.1) is 0 Å². The molecule has 0 atom stereocenters. The van der Waals surface area contributed by atoms with Crippen LogP contribution in [-0.2, 0) is 6.42 Å². The molecule has 104 valence electrons. The van der Waals surface area contributed by atoms with Gasteiger partial charge in [0.25, 0.3) is 0 Å². The Morgan fingerprint density at radius 2 is 1.86 bits per heavy atom. The smallest absolute Gasteiger partial charge is 0.336 e. The second-order valence-corrected chi connectivity index (χ2v) is 4.76. The monoisotopic (exact) mass is 278 g/mol. The Labute approximate surface area is 122 Å². The van der Waals surface area contributed by atoms with Crippen LogP contribution in [0.3, 0.4) is 0 Å². The van der Waals surface area contributed by atoms with Gasteiger partial charge in [-0.25, -0.2) is 9.78 Å². The summed E-state index contributed by atoms with van der Waals surface area (Å²) in [6.07, 6.45) is 4.26. The van der Waals surface area contributed by atoms with Crippen LogP contribution in [0.5, 0.6) is 0 Å². The molecular formula is C17H14N2O2. The zero-order chi connectivity index (χ0) is 14.7. The van der Waals surface area contributed by atoms with E-state index in [1.165, 1.54) is 0 Å². The van der Waals surface area contributed by atoms with Crippen molar-refractivity contribution in [2.45, 2.75) is 6.42 Å². The zero-order valence-electron chi connectivity index (χ0n) is 11.3. The average molecular weight is 278 g/mol. The van der Waals surface area contributed by atoms with Crippen LogP contribution in [-0.4, -0.2) is 21.0 Å². The highest BCUT2D eigenvalue weighted by Crippen LogP contribution is 2.24. The lowest BCUT2D eigenvalue weighted by molar-refractivity contribution is 0.0697. The number of rotatable bonds is 4. The van der Waals surface area contributed by atoms with Crippen molar-refractivity contribution in [2.75, 3.05) is 0 Å². The largest absolute Gasteiger partial charge is 0.478 e. The molecular weight excluding hydrogens is 264 g/mol. The number of hydrogen-bond donors (Lipinski definition) is 2. The molecule has 0 bridgehead atoms. The number of imidazole rings is 1. The lowest BCUT2D eigenvalue weighted by Crippen LogP contribution is -1.99. The lowest BCUT2D eigenvalue weighted by atomic mass is 9.98. The number of nitrogens with one attached hydrogen (secondary N) is 1. The fourth-order valence-electron chi connectivity index (χ4n) is 2.31. The van der Waals surface area contributed by atoms with E-state index in [-0.39, 0.29) is 0 Å². The van der Waals surface area contributed by atoms with Gasteiger partial charge in [-0.15, -0.1) is 0 Å². The Bertz CT molecular complexity index is 747. The van der Waals surface area contributed by atoms with E-state index in [1.807, 2.05) is 36.4 Å². The van der Waals surface area contributed by atoms with Crippen LogP contribution >= 0.6 is 0 Å². The zero-order valence-corrected chi connectivity index (χ0v) is 11.3. The summed E-state index contributed by atoms with van der Waals surface area (Å²) < 4.78 is 0. The molecule has 0 saturated heterocycles. The van der Waals surface area contributed by atoms with Crippen molar-refractivity contribution in [1.82, 2.24) is 9.97 Å². The molecule has 0 unspecified atom stereocenters. The first-order valence-corrected chi connectivity index (χ1v) is 6.64. The van der Waals surface area contributed by atoms with E-state index >= 15 is 0 Å². The highest BCUT2D eigenvalue weighted by Gasteiger charge is 2.10. The summed E-state index contributed by atoms with van der Waals surface area (Å²) in [5.41, 5.74) is 3.07. The number of carboxylic acid groups (broad SMARTS) is 1. The number of carbonyl (C=O) groups is 1. The van der Waals surface area contributed by atoms with Gasteiger partial charge >= 0.3 is 5.97 Å². The SMILES string of the molecule is O=C(O)c1ccccc1-c1ccc(Cc2ncc[nH]2)cc1. The number of aromatic amines is 1. The summed E-state index contributed by atoms with van der Waals surface area (Å²) in [5.74, 6) is -0.000974. The van der Waals surface area contributed by atoms with Crippen LogP contribution in [0.25, 0.3) is 11.1 Å². The maximum atomic E-state index is 11.3. The molecule has 0 amide bonds. The van der Waals surface area contributed by atoms with Gasteiger partial charge in [0.05, 0.1) is 5.56 Å². The first-order valence-electron chi connectivity index (χ1n) is 6.64. The minimum atomic E-state index is -0.912. The van der Waals surface area contributed by atoms with Gasteiger partial charge in [-0.05, 0) is 22.8 Å². The standard InChI is InChI=1S/C17H14N2O2/c20-17(21)15-4-2-1-3-14(15)13-7-5-12(6-8-13)11-16-18-9-10-19-16/h1-10H,11H2,(H,18,19)(H,20,21). The lowest BCUT2D eigenvalue weighted by Gasteiger charge is -2.07. The van der Waals surface area contributed by atoms with Gasteiger partial charge in [-0.2, -0.15) is 0 Å². The van der Waals surface area contributed by atoms with Crippen LogP contribution in [0.2, 0.25) is 0 Å². The molecule has 21 heavy (non-hydrogen) atoms. The molecule has 1 heterocycles. The van der Waals surface area contributed by atoms with Crippen molar-refractivity contribution < 1.29 is 9.90 Å². The number of aromatic nitrogens is 2. The molecule has 3 rings (SSSR count). The quantitative estimate of drug-likeness (QED) is 0.769. The van der Waals surface area contributed by atoms with Crippen molar-refractivity contribution in [3.63, 3.8) is 0 Å². The molecule has 4 heteroatoms. The topological polar surface area (TPSA) is 66.0 Å². The van der Waals surface area contributed by atoms with E-state index in [0.717, 1.165) is 28.9 Å². The number of hydrogen-bond acceptors (Lipinski definition) is 2. The van der Waals surface area contributed by atoms with Gasteiger partial charge in [0.1, 0.15) is 5.82 Å². The normalized spacial score (nSPS) is 10.5. The summed E-state index contributed by atoms with van der Waals surface area (Å²) in [4.78, 5) is 18.5. The molecule has 0 aliphatic carbocycles. The predicted octanol–water partition coefficient (Wildman–Crippen LogP) is 3.37. The van der Waals surface area contributed by atoms with Crippen molar-refractivity contribution >= 4 is 5.97 Å². The minimum Gasteiger partial charge on any atom is -0.478 e. The third kappa shape index (κ3) is 2.84. The van der Waals surface area contributed by atoms with Gasteiger partial charge in [-0.1, -0.05) is 42.5 Å². The summed E-state index contributed by atoms with van der Waals surface area (Å²) in [6, 6.07) is 14.9. The van der Waals surface area contributed by atoms with Crippen LogP contribution in [0.4, 0.5) is 0 Å². The molecule has 1 aromatic heterocycles. The summed E-state index contributed by atoms with van der Waals surface area (Å²) in [6.45, 7) is 0. The maximum Gasteiger partial charge on any atom is 0.336 e. The van der Waals surface area contributed by atoms with E-state index in [9.17, 15) is 9.90 Å². The number of benzene rings is 2. The maximum absolute atomic E-state index is 11.3. The van der Waals surface area contributed by atoms with Crippen molar-refractivity contribution in [3.05, 3.63) is 77.9 Å². The highest BCUT2D eigenvalue weighted by atomic mass is 16.4. The molecule has 0 saturated carbocycles. The second kappa shape index (κ2) is 5.63. The number of nitrogens with zero attached hydrogens (tertiary/aromatic N) is 1. The van der Waals surface area contributed by atoms with E-state index in [2.05, 4.69) is 9.97 Å². The second-order valence-electron chi connectivity index (χ2n) is 4.76. The molecule has 0 fully saturated rings. The van der Waals surface area contributed by atoms with Crippen LogP contribution in [0.15, 0.2) is 60.9 Å². The molecule has 0 radical (unpaired) electrons. The summed E-state index contributed by atoms with van der Waals surface area (Å²) in [7, 11) is 0. The fraction of sp³-hybridized carbons (Fsp3) is 0.0588. The molecule has 0 aliphatic rings. The Balaban J connectivity index is 1.89. The van der Waals surface area contributed by atoms with Crippen molar-refractivity contribution in [3.8, 4) is 11.1 Å². The van der Waals surface area contributed by atoms with Gasteiger partial charge in [0, 0.05) is 18.8 Å². The summed E-state index contributed by atoms with van der Waals surface area (Å²) >= 11 is 0.